The Morgan fingerprint density at radius 1 is 1.50 bits per heavy atom. The number of halogens is 1. The van der Waals surface area contributed by atoms with Crippen LogP contribution in [0.25, 0.3) is 0 Å². The molecule has 1 aliphatic heterocycles. The van der Waals surface area contributed by atoms with E-state index in [9.17, 15) is 9.18 Å². The molecule has 0 saturated carbocycles. The van der Waals surface area contributed by atoms with Crippen molar-refractivity contribution < 1.29 is 13.9 Å². The molecule has 0 atom stereocenters. The summed E-state index contributed by atoms with van der Waals surface area (Å²) in [6, 6.07) is 6.25. The number of thioether (sulfide) groups is 1. The number of amidine groups is 1. The average Bonchev–Trinajstić information content (AvgIpc) is 2.71. The van der Waals surface area contributed by atoms with Crippen molar-refractivity contribution in [3.05, 3.63) is 30.1 Å². The molecule has 96 valence electrons. The summed E-state index contributed by atoms with van der Waals surface area (Å²) >= 11 is 1.32. The van der Waals surface area contributed by atoms with E-state index < -0.39 is 5.82 Å². The molecule has 0 N–H and O–H groups in total. The number of rotatable bonds is 4. The lowest BCUT2D eigenvalue weighted by Gasteiger charge is -2.15. The van der Waals surface area contributed by atoms with Crippen molar-refractivity contribution in [1.82, 2.24) is 4.90 Å². The lowest BCUT2D eigenvalue weighted by Crippen LogP contribution is -2.32. The number of ether oxygens (including phenoxy) is 1. The highest BCUT2D eigenvalue weighted by Crippen LogP contribution is 2.24. The summed E-state index contributed by atoms with van der Waals surface area (Å²) in [5.41, 5.74) is 0.247. The summed E-state index contributed by atoms with van der Waals surface area (Å²) in [4.78, 5) is 17.4. The largest absolute Gasteiger partial charge is 0.383 e. The van der Waals surface area contributed by atoms with Gasteiger partial charge in [-0.25, -0.2) is 9.38 Å². The molecule has 2 rings (SSSR count). The Labute approximate surface area is 109 Å². The van der Waals surface area contributed by atoms with E-state index in [0.29, 0.717) is 24.1 Å². The predicted octanol–water partition coefficient (Wildman–Crippen LogP) is 2.03. The summed E-state index contributed by atoms with van der Waals surface area (Å²) in [5.74, 6) is -0.0689. The van der Waals surface area contributed by atoms with Gasteiger partial charge in [-0.3, -0.25) is 9.69 Å². The number of para-hydroxylation sites is 1. The molecule has 1 aromatic carbocycles. The van der Waals surface area contributed by atoms with Gasteiger partial charge in [0.05, 0.1) is 18.9 Å². The molecule has 0 radical (unpaired) electrons. The number of benzene rings is 1. The fourth-order valence-corrected chi connectivity index (χ4v) is 2.45. The number of aliphatic imine (C=N–C) groups is 1. The van der Waals surface area contributed by atoms with Crippen LogP contribution >= 0.6 is 11.8 Å². The molecular formula is C12H13FN2O2S. The second kappa shape index (κ2) is 5.97. The maximum Gasteiger partial charge on any atom is 0.239 e. The van der Waals surface area contributed by atoms with Gasteiger partial charge in [0.2, 0.25) is 5.91 Å². The molecule has 4 nitrogen and oxygen atoms in total. The molecule has 18 heavy (non-hydrogen) atoms. The van der Waals surface area contributed by atoms with Crippen LogP contribution in [0, 0.1) is 5.82 Å². The Bertz CT molecular complexity index is 479. The standard InChI is InChI=1S/C12H13FN2O2S/c1-17-7-6-15-11(16)8-18-12(15)14-10-5-3-2-4-9(10)13/h2-5H,6-8H2,1H3. The third-order valence-corrected chi connectivity index (χ3v) is 3.41. The number of amides is 1. The quantitative estimate of drug-likeness (QED) is 0.839. The van der Waals surface area contributed by atoms with Gasteiger partial charge in [-0.15, -0.1) is 0 Å². The highest BCUT2D eigenvalue weighted by molar-refractivity contribution is 8.15. The molecule has 1 amide bonds. The van der Waals surface area contributed by atoms with Crippen LogP contribution in [0.4, 0.5) is 10.1 Å². The highest BCUT2D eigenvalue weighted by Gasteiger charge is 2.27. The molecule has 0 aromatic heterocycles. The molecule has 6 heteroatoms. The van der Waals surface area contributed by atoms with Crippen molar-refractivity contribution in [3.63, 3.8) is 0 Å². The van der Waals surface area contributed by atoms with Gasteiger partial charge >= 0.3 is 0 Å². The lowest BCUT2D eigenvalue weighted by molar-refractivity contribution is -0.124. The van der Waals surface area contributed by atoms with Gasteiger partial charge in [0, 0.05) is 7.11 Å². The first kappa shape index (κ1) is 13.0. The molecule has 1 fully saturated rings. The zero-order valence-corrected chi connectivity index (χ0v) is 10.7. The van der Waals surface area contributed by atoms with Crippen LogP contribution in [-0.2, 0) is 9.53 Å². The molecular weight excluding hydrogens is 255 g/mol. The van der Waals surface area contributed by atoms with Gasteiger partial charge < -0.3 is 4.74 Å². The third kappa shape index (κ3) is 2.88. The summed E-state index contributed by atoms with van der Waals surface area (Å²) in [6.07, 6.45) is 0. The smallest absolute Gasteiger partial charge is 0.239 e. The van der Waals surface area contributed by atoms with Gasteiger partial charge in [0.25, 0.3) is 0 Å². The predicted molar refractivity (Wildman–Crippen MR) is 69.5 cm³/mol. The maximum absolute atomic E-state index is 13.5. The van der Waals surface area contributed by atoms with Crippen LogP contribution in [0.2, 0.25) is 0 Å². The summed E-state index contributed by atoms with van der Waals surface area (Å²) < 4.78 is 18.4. The fraction of sp³-hybridized carbons (Fsp3) is 0.333. The van der Waals surface area contributed by atoms with E-state index in [1.54, 1.807) is 25.3 Å². The Kier molecular flexibility index (Phi) is 4.33. The van der Waals surface area contributed by atoms with Crippen LogP contribution in [0.15, 0.2) is 29.3 Å². The van der Waals surface area contributed by atoms with E-state index in [-0.39, 0.29) is 11.6 Å². The number of carbonyl (C=O) groups excluding carboxylic acids is 1. The Hall–Kier alpha value is -1.40. The topological polar surface area (TPSA) is 41.9 Å². The first-order chi connectivity index (χ1) is 8.72. The molecule has 0 unspecified atom stereocenters. The molecule has 1 aliphatic rings. The van der Waals surface area contributed by atoms with Crippen LogP contribution in [-0.4, -0.2) is 42.0 Å². The third-order valence-electron chi connectivity index (χ3n) is 2.44. The normalized spacial score (nSPS) is 17.8. The summed E-state index contributed by atoms with van der Waals surface area (Å²) in [6.45, 7) is 0.873. The van der Waals surface area contributed by atoms with Gasteiger partial charge in [0.1, 0.15) is 11.5 Å². The monoisotopic (exact) mass is 268 g/mol. The summed E-state index contributed by atoms with van der Waals surface area (Å²) in [7, 11) is 1.57. The Morgan fingerprint density at radius 2 is 2.28 bits per heavy atom. The van der Waals surface area contributed by atoms with Crippen molar-refractivity contribution >= 4 is 28.5 Å². The minimum atomic E-state index is -0.392. The Morgan fingerprint density at radius 3 is 3.00 bits per heavy atom. The number of hydrogen-bond acceptors (Lipinski definition) is 4. The van der Waals surface area contributed by atoms with Gasteiger partial charge in [-0.1, -0.05) is 23.9 Å². The number of hydrogen-bond donors (Lipinski definition) is 0. The lowest BCUT2D eigenvalue weighted by atomic mass is 10.3. The molecule has 1 heterocycles. The van der Waals surface area contributed by atoms with Crippen molar-refractivity contribution in [2.45, 2.75) is 0 Å². The van der Waals surface area contributed by atoms with E-state index in [4.69, 9.17) is 4.74 Å². The van der Waals surface area contributed by atoms with Crippen molar-refractivity contribution in [1.29, 1.82) is 0 Å². The van der Waals surface area contributed by atoms with Crippen molar-refractivity contribution in [3.8, 4) is 0 Å². The second-order valence-electron chi connectivity index (χ2n) is 3.67. The minimum Gasteiger partial charge on any atom is -0.383 e. The SMILES string of the molecule is COCCN1C(=O)CSC1=Nc1ccccc1F. The second-order valence-corrected chi connectivity index (χ2v) is 4.62. The zero-order chi connectivity index (χ0) is 13.0. The average molecular weight is 268 g/mol. The first-order valence-electron chi connectivity index (χ1n) is 5.47. The van der Waals surface area contributed by atoms with Crippen LogP contribution in [0.3, 0.4) is 0 Å². The molecule has 0 bridgehead atoms. The molecule has 0 spiro atoms. The first-order valence-corrected chi connectivity index (χ1v) is 6.46. The van der Waals surface area contributed by atoms with Crippen LogP contribution in [0.1, 0.15) is 0 Å². The number of methoxy groups -OCH3 is 1. The van der Waals surface area contributed by atoms with Crippen LogP contribution < -0.4 is 0 Å². The summed E-state index contributed by atoms with van der Waals surface area (Å²) in [5, 5.41) is 0.530. The van der Waals surface area contributed by atoms with Gasteiger partial charge in [-0.2, -0.15) is 0 Å². The van der Waals surface area contributed by atoms with E-state index in [1.165, 1.54) is 22.7 Å². The number of carbonyl (C=O) groups is 1. The van der Waals surface area contributed by atoms with Crippen LogP contribution in [0.5, 0.6) is 0 Å². The Balaban J connectivity index is 2.21. The fourth-order valence-electron chi connectivity index (χ4n) is 1.53. The molecule has 1 aromatic rings. The van der Waals surface area contributed by atoms with Crippen molar-refractivity contribution in [2.75, 3.05) is 26.0 Å². The van der Waals surface area contributed by atoms with E-state index in [2.05, 4.69) is 4.99 Å². The van der Waals surface area contributed by atoms with Crippen molar-refractivity contribution in [2.24, 2.45) is 4.99 Å². The molecule has 0 aliphatic carbocycles. The van der Waals surface area contributed by atoms with Gasteiger partial charge in [0.15, 0.2) is 5.17 Å². The van der Waals surface area contributed by atoms with E-state index in [0.717, 1.165) is 0 Å². The maximum atomic E-state index is 13.5. The minimum absolute atomic E-state index is 0.0212. The molecule has 1 saturated heterocycles. The van der Waals surface area contributed by atoms with Gasteiger partial charge in [-0.05, 0) is 12.1 Å². The zero-order valence-electron chi connectivity index (χ0n) is 9.93. The van der Waals surface area contributed by atoms with E-state index in [1.807, 2.05) is 0 Å². The van der Waals surface area contributed by atoms with E-state index >= 15 is 0 Å². The highest BCUT2D eigenvalue weighted by atomic mass is 32.2. The number of nitrogens with zero attached hydrogens (tertiary/aromatic N) is 2.